The average molecular weight is 476 g/mol. The predicted octanol–water partition coefficient (Wildman–Crippen LogP) is 3.80. The lowest BCUT2D eigenvalue weighted by atomic mass is 10.1. The first-order chi connectivity index (χ1) is 17.1. The molecule has 6 heteroatoms. The molecule has 0 amide bonds. The maximum Gasteiger partial charge on any atom is 0.214 e. The van der Waals surface area contributed by atoms with Crippen LogP contribution in [0.1, 0.15) is 25.1 Å². The molecular formula is C29H39N4O2+. The van der Waals surface area contributed by atoms with Crippen LogP contribution in [0.15, 0.2) is 48.5 Å². The summed E-state index contributed by atoms with van der Waals surface area (Å²) in [6, 6.07) is 17.4. The summed E-state index contributed by atoms with van der Waals surface area (Å²) in [4.78, 5) is 7.13. The molecule has 1 aromatic heterocycles. The third-order valence-corrected chi connectivity index (χ3v) is 7.12. The van der Waals surface area contributed by atoms with Crippen molar-refractivity contribution < 1.29 is 14.4 Å². The van der Waals surface area contributed by atoms with Gasteiger partial charge in [0.2, 0.25) is 11.2 Å². The number of aromatic nitrogens is 1. The topological polar surface area (TPSA) is 43.1 Å². The Hall–Kier alpha value is -3.09. The molecule has 1 saturated heterocycles. The lowest BCUT2D eigenvalue weighted by Gasteiger charge is -2.36. The summed E-state index contributed by atoms with van der Waals surface area (Å²) < 4.78 is 8.01. The highest BCUT2D eigenvalue weighted by molar-refractivity contribution is 5.91. The number of nitrogens with zero attached hydrogens (tertiary/aromatic N) is 4. The Kier molecular flexibility index (Phi) is 8.26. The highest BCUT2D eigenvalue weighted by Gasteiger charge is 2.22. The maximum absolute atomic E-state index is 9.29. The summed E-state index contributed by atoms with van der Waals surface area (Å²) in [6.45, 7) is 11.1. The van der Waals surface area contributed by atoms with Crippen LogP contribution in [0.4, 0.5) is 11.4 Å². The number of hydrogen-bond donors (Lipinski definition) is 1. The first-order valence-electron chi connectivity index (χ1n) is 12.7. The molecule has 1 fully saturated rings. The van der Waals surface area contributed by atoms with Gasteiger partial charge in [0.05, 0.1) is 24.8 Å². The molecular weight excluding hydrogens is 436 g/mol. The normalized spacial score (nSPS) is 14.7. The molecule has 1 aliphatic heterocycles. The number of pyridine rings is 1. The summed E-state index contributed by atoms with van der Waals surface area (Å²) >= 11 is 0. The number of rotatable bonds is 9. The molecule has 1 N–H and O–H groups in total. The number of methoxy groups -OCH3 is 1. The van der Waals surface area contributed by atoms with Gasteiger partial charge in [-0.15, -0.1) is 0 Å². The Morgan fingerprint density at radius 1 is 1.00 bits per heavy atom. The van der Waals surface area contributed by atoms with Gasteiger partial charge in [-0.2, -0.15) is 4.57 Å². The molecule has 35 heavy (non-hydrogen) atoms. The molecule has 186 valence electrons. The van der Waals surface area contributed by atoms with E-state index in [0.29, 0.717) is 0 Å². The van der Waals surface area contributed by atoms with Crippen LogP contribution in [-0.2, 0) is 7.05 Å². The van der Waals surface area contributed by atoms with Crippen molar-refractivity contribution in [1.82, 2.24) is 4.90 Å². The predicted molar refractivity (Wildman–Crippen MR) is 146 cm³/mol. The molecule has 0 atom stereocenters. The van der Waals surface area contributed by atoms with Crippen LogP contribution >= 0.6 is 0 Å². The number of ether oxygens (including phenoxy) is 1. The van der Waals surface area contributed by atoms with E-state index in [-0.39, 0.29) is 6.61 Å². The Morgan fingerprint density at radius 3 is 2.43 bits per heavy atom. The zero-order chi connectivity index (χ0) is 24.8. The van der Waals surface area contributed by atoms with Gasteiger partial charge >= 0.3 is 0 Å². The van der Waals surface area contributed by atoms with E-state index in [0.717, 1.165) is 62.8 Å². The Bertz CT molecular complexity index is 1160. The summed E-state index contributed by atoms with van der Waals surface area (Å²) in [5.74, 6) is 0.884. The number of hydrogen-bond acceptors (Lipinski definition) is 5. The molecule has 0 bridgehead atoms. The molecule has 2 aromatic carbocycles. The number of benzene rings is 2. The lowest BCUT2D eigenvalue weighted by molar-refractivity contribution is -0.646. The zero-order valence-corrected chi connectivity index (χ0v) is 21.6. The van der Waals surface area contributed by atoms with E-state index in [9.17, 15) is 5.11 Å². The number of anilines is 2. The van der Waals surface area contributed by atoms with Crippen molar-refractivity contribution in [3.63, 3.8) is 0 Å². The number of para-hydroxylation sites is 1. The third-order valence-electron chi connectivity index (χ3n) is 7.12. The second-order valence-electron chi connectivity index (χ2n) is 9.01. The molecule has 0 aliphatic carbocycles. The van der Waals surface area contributed by atoms with Crippen molar-refractivity contribution in [2.75, 3.05) is 69.3 Å². The highest BCUT2D eigenvalue weighted by atomic mass is 16.5. The van der Waals surface area contributed by atoms with Gasteiger partial charge in [-0.25, -0.2) is 0 Å². The molecule has 0 spiro atoms. The van der Waals surface area contributed by atoms with Crippen molar-refractivity contribution in [3.8, 4) is 5.75 Å². The Balaban J connectivity index is 1.68. The van der Waals surface area contributed by atoms with Crippen LogP contribution < -0.4 is 19.1 Å². The Morgan fingerprint density at radius 2 is 1.74 bits per heavy atom. The number of β-amino-alcohol motifs (C(OH)–C–C–N with tert-alkyl or cyclic N) is 1. The number of aliphatic hydroxyl groups is 1. The summed E-state index contributed by atoms with van der Waals surface area (Å²) in [6.07, 6.45) is 4.34. The number of fused-ring (bicyclic) bond motifs is 1. The van der Waals surface area contributed by atoms with Crippen LogP contribution in [0.2, 0.25) is 0 Å². The number of aryl methyl sites for hydroxylation is 1. The number of piperazine rings is 1. The fraction of sp³-hybridized carbons (Fsp3) is 0.414. The molecule has 0 radical (unpaired) electrons. The molecule has 6 nitrogen and oxygen atoms in total. The minimum absolute atomic E-state index is 0.221. The van der Waals surface area contributed by atoms with Gasteiger partial charge in [-0.05, 0) is 38.1 Å². The van der Waals surface area contributed by atoms with Crippen LogP contribution in [0, 0.1) is 0 Å². The van der Waals surface area contributed by atoms with E-state index in [1.807, 2.05) is 0 Å². The van der Waals surface area contributed by atoms with Crippen molar-refractivity contribution in [2.24, 2.45) is 7.05 Å². The second-order valence-corrected chi connectivity index (χ2v) is 9.01. The third kappa shape index (κ3) is 5.44. The van der Waals surface area contributed by atoms with Crippen molar-refractivity contribution in [1.29, 1.82) is 0 Å². The smallest absolute Gasteiger partial charge is 0.214 e. The van der Waals surface area contributed by atoms with E-state index in [2.05, 4.69) is 101 Å². The largest absolute Gasteiger partial charge is 0.496 e. The molecule has 0 unspecified atom stereocenters. The maximum atomic E-state index is 9.29. The molecule has 3 aromatic rings. The fourth-order valence-electron chi connectivity index (χ4n) is 5.01. The van der Waals surface area contributed by atoms with Gasteiger partial charge in [0, 0.05) is 81.3 Å². The van der Waals surface area contributed by atoms with Crippen molar-refractivity contribution >= 4 is 34.4 Å². The van der Waals surface area contributed by atoms with Gasteiger partial charge in [0.1, 0.15) is 12.8 Å². The van der Waals surface area contributed by atoms with Gasteiger partial charge in [0.15, 0.2) is 0 Å². The zero-order valence-electron chi connectivity index (χ0n) is 21.6. The summed E-state index contributed by atoms with van der Waals surface area (Å²) in [5, 5.41) is 10.6. The summed E-state index contributed by atoms with van der Waals surface area (Å²) in [7, 11) is 3.87. The Labute approximate surface area is 209 Å². The average Bonchev–Trinajstić information content (AvgIpc) is 2.90. The van der Waals surface area contributed by atoms with Gasteiger partial charge in [-0.3, -0.25) is 4.90 Å². The minimum Gasteiger partial charge on any atom is -0.496 e. The van der Waals surface area contributed by atoms with Crippen LogP contribution in [0.25, 0.3) is 23.1 Å². The lowest BCUT2D eigenvalue weighted by Crippen LogP contribution is -2.47. The van der Waals surface area contributed by atoms with E-state index < -0.39 is 0 Å². The second kappa shape index (κ2) is 11.6. The quantitative estimate of drug-likeness (QED) is 0.477. The van der Waals surface area contributed by atoms with E-state index in [4.69, 9.17) is 4.74 Å². The van der Waals surface area contributed by atoms with Crippen molar-refractivity contribution in [2.45, 2.75) is 13.8 Å². The first-order valence-corrected chi connectivity index (χ1v) is 12.7. The standard InChI is InChI=1S/C29H39N4O2/c1-5-32(6-2)25-14-12-23(29(22-25)35-4)11-13-24-21-28(26-9-7-8-10-27(26)30(24)3)33-17-15-31(16-18-33)19-20-34/h7-14,21-22,34H,5-6,15-20H2,1-4H3/q+1. The molecule has 0 saturated carbocycles. The van der Waals surface area contributed by atoms with E-state index in [1.165, 1.54) is 22.3 Å². The summed E-state index contributed by atoms with van der Waals surface area (Å²) in [5.41, 5.74) is 5.88. The highest BCUT2D eigenvalue weighted by Crippen LogP contribution is 2.30. The SMILES string of the molecule is CCN(CC)c1ccc(C=Cc2cc(N3CCN(CCO)CC3)c3ccccc3[n+]2C)c(OC)c1. The van der Waals surface area contributed by atoms with Gasteiger partial charge in [0.25, 0.3) is 0 Å². The molecule has 2 heterocycles. The minimum atomic E-state index is 0.221. The monoisotopic (exact) mass is 475 g/mol. The number of aliphatic hydroxyl groups excluding tert-OH is 1. The van der Waals surface area contributed by atoms with E-state index in [1.54, 1.807) is 7.11 Å². The van der Waals surface area contributed by atoms with Crippen LogP contribution in [0.5, 0.6) is 5.75 Å². The molecule has 1 aliphatic rings. The van der Waals surface area contributed by atoms with Crippen LogP contribution in [-0.4, -0.2) is 69.5 Å². The van der Waals surface area contributed by atoms with Gasteiger partial charge < -0.3 is 19.6 Å². The molecule has 4 rings (SSSR count). The van der Waals surface area contributed by atoms with Crippen molar-refractivity contribution in [3.05, 3.63) is 59.8 Å². The van der Waals surface area contributed by atoms with Gasteiger partial charge in [-0.1, -0.05) is 12.1 Å². The fourth-order valence-corrected chi connectivity index (χ4v) is 5.01. The first kappa shape index (κ1) is 25.0. The van der Waals surface area contributed by atoms with E-state index >= 15 is 0 Å². The van der Waals surface area contributed by atoms with Crippen LogP contribution in [0.3, 0.4) is 0 Å².